The first kappa shape index (κ1) is 16.7. The van der Waals surface area contributed by atoms with E-state index in [9.17, 15) is 13.2 Å². The zero-order valence-corrected chi connectivity index (χ0v) is 12.1. The molecule has 3 atom stereocenters. The predicted molar refractivity (Wildman–Crippen MR) is 71.0 cm³/mol. The summed E-state index contributed by atoms with van der Waals surface area (Å²) in [5.74, 6) is 0. The van der Waals surface area contributed by atoms with Crippen LogP contribution in [-0.2, 0) is 0 Å². The molecule has 0 bridgehead atoms. The molecule has 1 aliphatic rings. The van der Waals surface area contributed by atoms with E-state index in [-0.39, 0.29) is 6.04 Å². The predicted octanol–water partition coefficient (Wildman–Crippen LogP) is 2.07. The van der Waals surface area contributed by atoms with Crippen molar-refractivity contribution < 1.29 is 13.2 Å². The van der Waals surface area contributed by atoms with Crippen molar-refractivity contribution in [2.75, 3.05) is 26.7 Å². The summed E-state index contributed by atoms with van der Waals surface area (Å²) in [6, 6.07) is -2.44. The lowest BCUT2D eigenvalue weighted by Gasteiger charge is -2.40. The number of nitrogens with two attached hydrogens (primary N) is 1. The fourth-order valence-electron chi connectivity index (χ4n) is 2.89. The smallest absolute Gasteiger partial charge is 0.326 e. The summed E-state index contributed by atoms with van der Waals surface area (Å²) in [5, 5.41) is 0. The molecule has 0 aromatic heterocycles. The number of alkyl halides is 3. The minimum atomic E-state index is -4.26. The second-order valence-electron chi connectivity index (χ2n) is 5.47. The van der Waals surface area contributed by atoms with E-state index >= 15 is 0 Å². The first-order chi connectivity index (χ1) is 8.81. The molecule has 6 heteroatoms. The normalized spacial score (nSPS) is 27.0. The Hall–Kier alpha value is -0.330. The van der Waals surface area contributed by atoms with Gasteiger partial charge in [-0.1, -0.05) is 13.8 Å². The number of hydrogen-bond donors (Lipinski definition) is 1. The topological polar surface area (TPSA) is 32.5 Å². The largest absolute Gasteiger partial charge is 0.405 e. The Morgan fingerprint density at radius 1 is 1.26 bits per heavy atom. The van der Waals surface area contributed by atoms with Crippen molar-refractivity contribution in [3.8, 4) is 0 Å². The second kappa shape index (κ2) is 6.90. The van der Waals surface area contributed by atoms with Gasteiger partial charge in [-0.3, -0.25) is 4.90 Å². The van der Waals surface area contributed by atoms with Crippen molar-refractivity contribution in [2.24, 2.45) is 5.73 Å². The summed E-state index contributed by atoms with van der Waals surface area (Å²) < 4.78 is 40.0. The monoisotopic (exact) mass is 281 g/mol. The van der Waals surface area contributed by atoms with Crippen molar-refractivity contribution in [1.82, 2.24) is 9.80 Å². The first-order valence-corrected chi connectivity index (χ1v) is 7.07. The molecular weight excluding hydrogens is 255 g/mol. The fraction of sp³-hybridized carbons (Fsp3) is 1.00. The Kier molecular flexibility index (Phi) is 6.08. The zero-order valence-electron chi connectivity index (χ0n) is 12.1. The maximum atomic E-state index is 13.3. The molecule has 0 aromatic carbocycles. The summed E-state index contributed by atoms with van der Waals surface area (Å²) in [6.07, 6.45) is -2.44. The number of likely N-dealkylation sites (N-methyl/N-ethyl adjacent to an activating group) is 1. The number of halogens is 3. The van der Waals surface area contributed by atoms with E-state index < -0.39 is 18.3 Å². The highest BCUT2D eigenvalue weighted by Gasteiger charge is 2.48. The average Bonchev–Trinajstić information content (AvgIpc) is 2.49. The molecule has 3 nitrogen and oxygen atoms in total. The number of hydrogen-bond acceptors (Lipinski definition) is 3. The summed E-state index contributed by atoms with van der Waals surface area (Å²) in [5.41, 5.74) is 5.76. The highest BCUT2D eigenvalue weighted by atomic mass is 19.4. The molecule has 1 aliphatic heterocycles. The zero-order chi connectivity index (χ0) is 14.6. The van der Waals surface area contributed by atoms with E-state index in [0.717, 1.165) is 13.0 Å². The standard InChI is InChI=1S/C13H26F3N3/c1-4-10-9-18(3)7-6-8-19(10)12(11(17)5-2)13(14,15)16/h10-12H,4-9,17H2,1-3H3. The van der Waals surface area contributed by atoms with Crippen molar-refractivity contribution in [1.29, 1.82) is 0 Å². The van der Waals surface area contributed by atoms with Crippen LogP contribution in [0.1, 0.15) is 33.1 Å². The SMILES string of the molecule is CCC(N)C(N1CCCN(C)CC1CC)C(F)(F)F. The van der Waals surface area contributed by atoms with Crippen molar-refractivity contribution >= 4 is 0 Å². The van der Waals surface area contributed by atoms with Gasteiger partial charge in [-0.15, -0.1) is 0 Å². The molecule has 1 fully saturated rings. The quantitative estimate of drug-likeness (QED) is 0.856. The Morgan fingerprint density at radius 3 is 2.37 bits per heavy atom. The molecule has 1 saturated heterocycles. The third-order valence-electron chi connectivity index (χ3n) is 3.99. The molecule has 2 N–H and O–H groups in total. The molecule has 0 spiro atoms. The lowest BCUT2D eigenvalue weighted by atomic mass is 10.0. The van der Waals surface area contributed by atoms with E-state index in [1.807, 2.05) is 14.0 Å². The molecule has 1 rings (SSSR count). The molecule has 1 heterocycles. The summed E-state index contributed by atoms with van der Waals surface area (Å²) >= 11 is 0. The van der Waals surface area contributed by atoms with Crippen molar-refractivity contribution in [3.63, 3.8) is 0 Å². The third-order valence-corrected chi connectivity index (χ3v) is 3.99. The van der Waals surface area contributed by atoms with Gasteiger partial charge in [0, 0.05) is 25.2 Å². The van der Waals surface area contributed by atoms with Gasteiger partial charge in [0.2, 0.25) is 0 Å². The maximum Gasteiger partial charge on any atom is 0.405 e. The van der Waals surface area contributed by atoms with Gasteiger partial charge in [-0.05, 0) is 32.9 Å². The van der Waals surface area contributed by atoms with Gasteiger partial charge in [-0.2, -0.15) is 13.2 Å². The van der Waals surface area contributed by atoms with E-state index in [4.69, 9.17) is 5.73 Å². The first-order valence-electron chi connectivity index (χ1n) is 7.07. The molecular formula is C13H26F3N3. The van der Waals surface area contributed by atoms with Crippen LogP contribution < -0.4 is 5.73 Å². The molecule has 3 unspecified atom stereocenters. The average molecular weight is 281 g/mol. The van der Waals surface area contributed by atoms with Crippen LogP contribution in [0, 0.1) is 0 Å². The third kappa shape index (κ3) is 4.33. The lowest BCUT2D eigenvalue weighted by molar-refractivity contribution is -0.195. The van der Waals surface area contributed by atoms with Gasteiger partial charge >= 0.3 is 6.18 Å². The maximum absolute atomic E-state index is 13.3. The summed E-state index contributed by atoms with van der Waals surface area (Å²) in [7, 11) is 1.97. The minimum Gasteiger partial charge on any atom is -0.326 e. The molecule has 0 saturated carbocycles. The fourth-order valence-corrected chi connectivity index (χ4v) is 2.89. The van der Waals surface area contributed by atoms with Gasteiger partial charge in [0.15, 0.2) is 0 Å². The van der Waals surface area contributed by atoms with Crippen LogP contribution in [0.15, 0.2) is 0 Å². The van der Waals surface area contributed by atoms with E-state index in [2.05, 4.69) is 4.90 Å². The molecule has 0 aliphatic carbocycles. The van der Waals surface area contributed by atoms with Gasteiger partial charge in [0.1, 0.15) is 6.04 Å². The number of rotatable bonds is 4. The lowest BCUT2D eigenvalue weighted by Crippen LogP contribution is -2.59. The molecule has 19 heavy (non-hydrogen) atoms. The van der Waals surface area contributed by atoms with Crippen LogP contribution in [0.2, 0.25) is 0 Å². The Labute approximate surface area is 113 Å². The highest BCUT2D eigenvalue weighted by Crippen LogP contribution is 2.31. The Balaban J connectivity index is 2.97. The van der Waals surface area contributed by atoms with Gasteiger partial charge in [0.05, 0.1) is 0 Å². The molecule has 0 radical (unpaired) electrons. The van der Waals surface area contributed by atoms with E-state index in [1.54, 1.807) is 11.8 Å². The summed E-state index contributed by atoms with van der Waals surface area (Å²) in [4.78, 5) is 3.71. The van der Waals surface area contributed by atoms with Crippen molar-refractivity contribution in [3.05, 3.63) is 0 Å². The van der Waals surface area contributed by atoms with E-state index in [0.29, 0.717) is 25.9 Å². The van der Waals surface area contributed by atoms with Gasteiger partial charge in [-0.25, -0.2) is 0 Å². The van der Waals surface area contributed by atoms with Gasteiger partial charge in [0.25, 0.3) is 0 Å². The molecule has 0 aromatic rings. The van der Waals surface area contributed by atoms with Crippen LogP contribution in [0.5, 0.6) is 0 Å². The molecule has 114 valence electrons. The van der Waals surface area contributed by atoms with Crippen LogP contribution in [0.3, 0.4) is 0 Å². The highest BCUT2D eigenvalue weighted by molar-refractivity contribution is 4.92. The number of nitrogens with zero attached hydrogens (tertiary/aromatic N) is 2. The van der Waals surface area contributed by atoms with Crippen LogP contribution in [-0.4, -0.2) is 60.8 Å². The Morgan fingerprint density at radius 2 is 1.89 bits per heavy atom. The van der Waals surface area contributed by atoms with Crippen LogP contribution in [0.4, 0.5) is 13.2 Å². The molecule has 0 amide bonds. The van der Waals surface area contributed by atoms with E-state index in [1.165, 1.54) is 0 Å². The Bertz CT molecular complexity index is 270. The van der Waals surface area contributed by atoms with Crippen LogP contribution >= 0.6 is 0 Å². The summed E-state index contributed by atoms with van der Waals surface area (Å²) in [6.45, 7) is 5.66. The minimum absolute atomic E-state index is 0.0725. The van der Waals surface area contributed by atoms with Crippen LogP contribution in [0.25, 0.3) is 0 Å². The van der Waals surface area contributed by atoms with Crippen molar-refractivity contribution in [2.45, 2.75) is 57.4 Å². The van der Waals surface area contributed by atoms with Gasteiger partial charge < -0.3 is 10.6 Å². The second-order valence-corrected chi connectivity index (χ2v) is 5.47.